The Kier molecular flexibility index (Phi) is 5.32. The molecule has 0 amide bonds. The lowest BCUT2D eigenvalue weighted by atomic mass is 10.2. The Labute approximate surface area is 113 Å². The maximum atomic E-state index is 5.51. The molecule has 0 saturated carbocycles. The Morgan fingerprint density at radius 1 is 1.32 bits per heavy atom. The first kappa shape index (κ1) is 14.0. The lowest BCUT2D eigenvalue weighted by Gasteiger charge is -2.05. The number of ether oxygens (including phenoxy) is 2. The van der Waals surface area contributed by atoms with Gasteiger partial charge in [0.05, 0.1) is 19.8 Å². The van der Waals surface area contributed by atoms with E-state index < -0.39 is 0 Å². The van der Waals surface area contributed by atoms with Gasteiger partial charge in [-0.1, -0.05) is 0 Å². The molecule has 5 heteroatoms. The minimum Gasteiger partial charge on any atom is -0.382 e. The molecule has 0 radical (unpaired) electrons. The quantitative estimate of drug-likeness (QED) is 0.732. The molecule has 0 aliphatic rings. The van der Waals surface area contributed by atoms with E-state index in [0.717, 1.165) is 18.7 Å². The third-order valence-corrected chi connectivity index (χ3v) is 2.99. The highest BCUT2D eigenvalue weighted by Gasteiger charge is 2.08. The van der Waals surface area contributed by atoms with Crippen molar-refractivity contribution in [3.05, 3.63) is 30.1 Å². The number of fused-ring (bicyclic) bond motifs is 1. The molecule has 0 bridgehead atoms. The third-order valence-electron chi connectivity index (χ3n) is 2.99. The van der Waals surface area contributed by atoms with Crippen LogP contribution < -0.4 is 5.32 Å². The van der Waals surface area contributed by atoms with E-state index in [1.807, 2.05) is 19.3 Å². The topological polar surface area (TPSA) is 48.3 Å². The largest absolute Gasteiger partial charge is 0.382 e. The van der Waals surface area contributed by atoms with Gasteiger partial charge in [-0.3, -0.25) is 0 Å². The van der Waals surface area contributed by atoms with Crippen LogP contribution in [0.4, 0.5) is 0 Å². The average Bonchev–Trinajstić information content (AvgIpc) is 2.78. The van der Waals surface area contributed by atoms with Gasteiger partial charge in [-0.2, -0.15) is 0 Å². The number of methoxy groups -OCH3 is 1. The Balaban J connectivity index is 2.05. The zero-order chi connectivity index (χ0) is 13.5. The van der Waals surface area contributed by atoms with Crippen LogP contribution in [0.15, 0.2) is 24.5 Å². The van der Waals surface area contributed by atoms with Crippen LogP contribution in [-0.2, 0) is 22.6 Å². The van der Waals surface area contributed by atoms with Crippen molar-refractivity contribution in [3.8, 4) is 0 Å². The van der Waals surface area contributed by atoms with E-state index in [-0.39, 0.29) is 0 Å². The molecule has 2 heterocycles. The zero-order valence-electron chi connectivity index (χ0n) is 11.6. The number of hydrogen-bond donors (Lipinski definition) is 1. The van der Waals surface area contributed by atoms with E-state index in [9.17, 15) is 0 Å². The van der Waals surface area contributed by atoms with Crippen molar-refractivity contribution < 1.29 is 9.47 Å². The summed E-state index contributed by atoms with van der Waals surface area (Å²) in [6.45, 7) is 3.59. The summed E-state index contributed by atoms with van der Waals surface area (Å²) in [7, 11) is 3.63. The number of hydrogen-bond acceptors (Lipinski definition) is 4. The number of pyridine rings is 1. The van der Waals surface area contributed by atoms with E-state index >= 15 is 0 Å². The van der Waals surface area contributed by atoms with Crippen LogP contribution in [0.2, 0.25) is 0 Å². The third kappa shape index (κ3) is 3.53. The summed E-state index contributed by atoms with van der Waals surface area (Å²) < 4.78 is 12.6. The van der Waals surface area contributed by atoms with E-state index in [1.54, 1.807) is 7.11 Å². The predicted molar refractivity (Wildman–Crippen MR) is 75.2 cm³/mol. The highest BCUT2D eigenvalue weighted by molar-refractivity contribution is 5.80. The summed E-state index contributed by atoms with van der Waals surface area (Å²) in [6.07, 6.45) is 3.97. The van der Waals surface area contributed by atoms with Crippen LogP contribution in [-0.4, -0.2) is 43.5 Å². The molecule has 0 spiro atoms. The average molecular weight is 263 g/mol. The molecule has 0 aliphatic heterocycles. The van der Waals surface area contributed by atoms with Crippen LogP contribution in [0.1, 0.15) is 5.56 Å². The van der Waals surface area contributed by atoms with Gasteiger partial charge in [0.1, 0.15) is 5.65 Å². The molecular weight excluding hydrogens is 242 g/mol. The number of rotatable bonds is 8. The van der Waals surface area contributed by atoms with Crippen molar-refractivity contribution in [3.63, 3.8) is 0 Å². The molecule has 0 saturated heterocycles. The lowest BCUT2D eigenvalue weighted by Crippen LogP contribution is -2.09. The Morgan fingerprint density at radius 2 is 2.21 bits per heavy atom. The van der Waals surface area contributed by atoms with Gasteiger partial charge in [-0.15, -0.1) is 0 Å². The first-order chi connectivity index (χ1) is 9.36. The molecule has 19 heavy (non-hydrogen) atoms. The molecule has 0 unspecified atom stereocenters. The van der Waals surface area contributed by atoms with E-state index in [0.29, 0.717) is 19.8 Å². The Hall–Kier alpha value is -1.43. The van der Waals surface area contributed by atoms with Gasteiger partial charge in [-0.05, 0) is 24.7 Å². The number of aromatic nitrogens is 2. The van der Waals surface area contributed by atoms with E-state index in [2.05, 4.69) is 27.1 Å². The lowest BCUT2D eigenvalue weighted by molar-refractivity contribution is 0.0669. The van der Waals surface area contributed by atoms with Gasteiger partial charge < -0.3 is 19.4 Å². The van der Waals surface area contributed by atoms with Crippen molar-refractivity contribution in [2.45, 2.75) is 13.1 Å². The van der Waals surface area contributed by atoms with Crippen LogP contribution in [0.3, 0.4) is 0 Å². The van der Waals surface area contributed by atoms with Gasteiger partial charge in [0.2, 0.25) is 0 Å². The highest BCUT2D eigenvalue weighted by Crippen LogP contribution is 2.19. The predicted octanol–water partition coefficient (Wildman–Crippen LogP) is 1.42. The van der Waals surface area contributed by atoms with Gasteiger partial charge in [-0.25, -0.2) is 4.98 Å². The summed E-state index contributed by atoms with van der Waals surface area (Å²) in [5.41, 5.74) is 2.28. The molecule has 0 fully saturated rings. The standard InChI is InChI=1S/C14H21N3O2/c1-15-10-12-11-17(6-7-19-9-8-18-2)14-13(12)4-3-5-16-14/h3-5,11,15H,6-10H2,1-2H3. The zero-order valence-corrected chi connectivity index (χ0v) is 11.6. The second-order valence-electron chi connectivity index (χ2n) is 4.36. The molecule has 1 N–H and O–H groups in total. The minimum absolute atomic E-state index is 0.631. The van der Waals surface area contributed by atoms with E-state index in [4.69, 9.17) is 9.47 Å². The van der Waals surface area contributed by atoms with Gasteiger partial charge in [0.25, 0.3) is 0 Å². The summed E-state index contributed by atoms with van der Waals surface area (Å²) in [4.78, 5) is 4.45. The van der Waals surface area contributed by atoms with Crippen molar-refractivity contribution in [1.82, 2.24) is 14.9 Å². The summed E-state index contributed by atoms with van der Waals surface area (Å²) >= 11 is 0. The molecule has 2 aromatic rings. The van der Waals surface area contributed by atoms with Gasteiger partial charge in [0, 0.05) is 38.0 Å². The van der Waals surface area contributed by atoms with Crippen molar-refractivity contribution in [1.29, 1.82) is 0 Å². The molecule has 0 aliphatic carbocycles. The summed E-state index contributed by atoms with van der Waals surface area (Å²) in [5.74, 6) is 0. The fourth-order valence-electron chi connectivity index (χ4n) is 2.10. The molecule has 2 rings (SSSR count). The maximum absolute atomic E-state index is 5.51. The Morgan fingerprint density at radius 3 is 3.00 bits per heavy atom. The first-order valence-electron chi connectivity index (χ1n) is 6.51. The fraction of sp³-hybridized carbons (Fsp3) is 0.500. The van der Waals surface area contributed by atoms with Crippen LogP contribution in [0, 0.1) is 0 Å². The molecular formula is C14H21N3O2. The summed E-state index contributed by atoms with van der Waals surface area (Å²) in [5, 5.41) is 4.39. The van der Waals surface area contributed by atoms with Gasteiger partial charge in [0.15, 0.2) is 0 Å². The van der Waals surface area contributed by atoms with Gasteiger partial charge >= 0.3 is 0 Å². The maximum Gasteiger partial charge on any atom is 0.140 e. The molecule has 2 aromatic heterocycles. The van der Waals surface area contributed by atoms with E-state index in [1.165, 1.54) is 10.9 Å². The fourth-order valence-corrected chi connectivity index (χ4v) is 2.10. The smallest absolute Gasteiger partial charge is 0.140 e. The first-order valence-corrected chi connectivity index (χ1v) is 6.51. The highest BCUT2D eigenvalue weighted by atomic mass is 16.5. The second-order valence-corrected chi connectivity index (χ2v) is 4.36. The normalized spacial score (nSPS) is 11.3. The van der Waals surface area contributed by atoms with Crippen molar-refractivity contribution in [2.24, 2.45) is 0 Å². The monoisotopic (exact) mass is 263 g/mol. The van der Waals surface area contributed by atoms with Crippen molar-refractivity contribution >= 4 is 11.0 Å². The number of nitrogens with zero attached hydrogens (tertiary/aromatic N) is 2. The van der Waals surface area contributed by atoms with Crippen LogP contribution in [0.5, 0.6) is 0 Å². The number of nitrogens with one attached hydrogen (secondary N) is 1. The van der Waals surface area contributed by atoms with Crippen molar-refractivity contribution in [2.75, 3.05) is 34.0 Å². The van der Waals surface area contributed by atoms with Crippen LogP contribution >= 0.6 is 0 Å². The Bertz CT molecular complexity index is 510. The molecule has 0 atom stereocenters. The SMILES string of the molecule is CNCc1cn(CCOCCOC)c2ncccc12. The summed E-state index contributed by atoms with van der Waals surface area (Å²) in [6, 6.07) is 4.08. The minimum atomic E-state index is 0.631. The van der Waals surface area contributed by atoms with Crippen LogP contribution in [0.25, 0.3) is 11.0 Å². The second kappa shape index (κ2) is 7.23. The molecule has 5 nitrogen and oxygen atoms in total. The molecule has 0 aromatic carbocycles. The molecule has 104 valence electrons.